The molecule has 0 aromatic carbocycles. The van der Waals surface area contributed by atoms with E-state index in [0.717, 1.165) is 5.69 Å². The van der Waals surface area contributed by atoms with Crippen molar-refractivity contribution in [3.63, 3.8) is 0 Å². The molecule has 1 rings (SSSR count). The molecule has 0 aliphatic heterocycles. The van der Waals surface area contributed by atoms with E-state index in [9.17, 15) is 5.11 Å². The molecule has 1 heterocycles. The molecule has 0 aliphatic carbocycles. The molecular weight excluding hydrogens is 180 g/mol. The molecule has 0 amide bonds. The SMILES string of the molecule is Cc1c(CC#N)nnn1C(C)C(C)O. The summed E-state index contributed by atoms with van der Waals surface area (Å²) in [6.45, 7) is 5.42. The highest BCUT2D eigenvalue weighted by Gasteiger charge is 2.16. The lowest BCUT2D eigenvalue weighted by atomic mass is 10.2. The standard InChI is InChI=1S/C9H14N4O/c1-6(8(3)14)13-7(2)9(4-5-10)11-12-13/h6,8,14H,4H2,1-3H3. The molecule has 1 aromatic rings. The lowest BCUT2D eigenvalue weighted by Gasteiger charge is -2.15. The van der Waals surface area contributed by atoms with Crippen LogP contribution < -0.4 is 0 Å². The fourth-order valence-electron chi connectivity index (χ4n) is 1.20. The number of nitriles is 1. The van der Waals surface area contributed by atoms with Crippen molar-refractivity contribution in [1.82, 2.24) is 15.0 Å². The summed E-state index contributed by atoms with van der Waals surface area (Å²) in [6.07, 6.45) is -0.219. The van der Waals surface area contributed by atoms with Gasteiger partial charge in [-0.3, -0.25) is 0 Å². The van der Waals surface area contributed by atoms with Gasteiger partial charge in [0.1, 0.15) is 0 Å². The second-order valence-corrected chi connectivity index (χ2v) is 3.38. The zero-order valence-electron chi connectivity index (χ0n) is 8.60. The number of hydrogen-bond donors (Lipinski definition) is 1. The van der Waals surface area contributed by atoms with Crippen molar-refractivity contribution < 1.29 is 5.11 Å². The number of nitrogens with zero attached hydrogens (tertiary/aromatic N) is 4. The Balaban J connectivity index is 2.95. The Morgan fingerprint density at radius 1 is 1.57 bits per heavy atom. The molecule has 1 aromatic heterocycles. The highest BCUT2D eigenvalue weighted by Crippen LogP contribution is 2.14. The Hall–Kier alpha value is -1.41. The van der Waals surface area contributed by atoms with Crippen LogP contribution in [0.25, 0.3) is 0 Å². The Labute approximate surface area is 83.0 Å². The van der Waals surface area contributed by atoms with Crippen molar-refractivity contribution >= 4 is 0 Å². The van der Waals surface area contributed by atoms with E-state index in [0.29, 0.717) is 5.69 Å². The third kappa shape index (κ3) is 1.91. The first-order chi connectivity index (χ1) is 6.57. The molecule has 0 bridgehead atoms. The number of hydrogen-bond acceptors (Lipinski definition) is 4. The van der Waals surface area contributed by atoms with E-state index >= 15 is 0 Å². The van der Waals surface area contributed by atoms with Crippen LogP contribution in [-0.4, -0.2) is 26.2 Å². The summed E-state index contributed by atoms with van der Waals surface area (Å²) in [5.74, 6) is 0. The zero-order valence-corrected chi connectivity index (χ0v) is 8.60. The Morgan fingerprint density at radius 3 is 2.71 bits per heavy atom. The van der Waals surface area contributed by atoms with Crippen molar-refractivity contribution in [2.75, 3.05) is 0 Å². The third-order valence-electron chi connectivity index (χ3n) is 2.35. The molecule has 2 atom stereocenters. The minimum atomic E-state index is -0.481. The van der Waals surface area contributed by atoms with Gasteiger partial charge in [-0.1, -0.05) is 5.21 Å². The average Bonchev–Trinajstić information content (AvgIpc) is 2.48. The van der Waals surface area contributed by atoms with Gasteiger partial charge in [-0.15, -0.1) is 5.10 Å². The number of rotatable bonds is 3. The molecule has 0 saturated carbocycles. The summed E-state index contributed by atoms with van der Waals surface area (Å²) in [4.78, 5) is 0. The van der Waals surface area contributed by atoms with Crippen molar-refractivity contribution in [2.45, 2.75) is 39.3 Å². The van der Waals surface area contributed by atoms with Gasteiger partial charge in [0.25, 0.3) is 0 Å². The largest absolute Gasteiger partial charge is 0.391 e. The predicted molar refractivity (Wildman–Crippen MR) is 50.5 cm³/mol. The van der Waals surface area contributed by atoms with Crippen molar-refractivity contribution in [1.29, 1.82) is 5.26 Å². The molecule has 0 spiro atoms. The van der Waals surface area contributed by atoms with Crippen molar-refractivity contribution in [3.05, 3.63) is 11.4 Å². The van der Waals surface area contributed by atoms with Gasteiger partial charge in [-0.25, -0.2) is 4.68 Å². The Kier molecular flexibility index (Phi) is 3.20. The molecule has 0 fully saturated rings. The van der Waals surface area contributed by atoms with Gasteiger partial charge in [0, 0.05) is 0 Å². The minimum Gasteiger partial charge on any atom is -0.391 e. The first kappa shape index (κ1) is 10.7. The van der Waals surface area contributed by atoms with Gasteiger partial charge >= 0.3 is 0 Å². The Morgan fingerprint density at radius 2 is 2.21 bits per heavy atom. The second-order valence-electron chi connectivity index (χ2n) is 3.38. The summed E-state index contributed by atoms with van der Waals surface area (Å²) in [7, 11) is 0. The lowest BCUT2D eigenvalue weighted by Crippen LogP contribution is -2.20. The van der Waals surface area contributed by atoms with Crippen LogP contribution in [0.3, 0.4) is 0 Å². The lowest BCUT2D eigenvalue weighted by molar-refractivity contribution is 0.130. The smallest absolute Gasteiger partial charge is 0.0996 e. The van der Waals surface area contributed by atoms with Crippen LogP contribution in [0.5, 0.6) is 0 Å². The first-order valence-corrected chi connectivity index (χ1v) is 4.53. The van der Waals surface area contributed by atoms with Gasteiger partial charge in [0.2, 0.25) is 0 Å². The summed E-state index contributed by atoms with van der Waals surface area (Å²) in [5.41, 5.74) is 1.53. The topological polar surface area (TPSA) is 74.7 Å². The molecule has 0 radical (unpaired) electrons. The van der Waals surface area contributed by atoms with Crippen LogP contribution in [0.2, 0.25) is 0 Å². The maximum absolute atomic E-state index is 9.38. The highest BCUT2D eigenvalue weighted by molar-refractivity contribution is 5.12. The molecule has 76 valence electrons. The van der Waals surface area contributed by atoms with Gasteiger partial charge < -0.3 is 5.11 Å². The predicted octanol–water partition coefficient (Wildman–Crippen LogP) is 0.594. The van der Waals surface area contributed by atoms with Crippen LogP contribution >= 0.6 is 0 Å². The van der Waals surface area contributed by atoms with E-state index in [2.05, 4.69) is 10.3 Å². The fraction of sp³-hybridized carbons (Fsp3) is 0.667. The van der Waals surface area contributed by atoms with Crippen molar-refractivity contribution in [3.8, 4) is 6.07 Å². The molecule has 2 unspecified atom stereocenters. The summed E-state index contributed by atoms with van der Waals surface area (Å²) < 4.78 is 1.65. The average molecular weight is 194 g/mol. The summed E-state index contributed by atoms with van der Waals surface area (Å²) in [5, 5.41) is 25.7. The van der Waals surface area contributed by atoms with Crippen LogP contribution in [0, 0.1) is 18.3 Å². The summed E-state index contributed by atoms with van der Waals surface area (Å²) >= 11 is 0. The molecule has 14 heavy (non-hydrogen) atoms. The highest BCUT2D eigenvalue weighted by atomic mass is 16.3. The van der Waals surface area contributed by atoms with Crippen LogP contribution in [0.4, 0.5) is 0 Å². The van der Waals surface area contributed by atoms with E-state index in [1.165, 1.54) is 0 Å². The monoisotopic (exact) mass is 194 g/mol. The molecule has 0 saturated heterocycles. The van der Waals surface area contributed by atoms with Crippen LogP contribution in [0.1, 0.15) is 31.3 Å². The van der Waals surface area contributed by atoms with E-state index in [1.54, 1.807) is 11.6 Å². The number of aliphatic hydroxyl groups is 1. The molecular formula is C9H14N4O. The number of aliphatic hydroxyl groups excluding tert-OH is 1. The van der Waals surface area contributed by atoms with Gasteiger partial charge in [-0.2, -0.15) is 5.26 Å². The maximum Gasteiger partial charge on any atom is 0.0996 e. The third-order valence-corrected chi connectivity index (χ3v) is 2.35. The van der Waals surface area contributed by atoms with Gasteiger partial charge in [0.15, 0.2) is 0 Å². The van der Waals surface area contributed by atoms with Crippen molar-refractivity contribution in [2.24, 2.45) is 0 Å². The number of aromatic nitrogens is 3. The summed E-state index contributed by atoms with van der Waals surface area (Å²) in [6, 6.07) is 1.91. The van der Waals surface area contributed by atoms with E-state index in [4.69, 9.17) is 5.26 Å². The van der Waals surface area contributed by atoms with E-state index < -0.39 is 6.10 Å². The quantitative estimate of drug-likeness (QED) is 0.764. The maximum atomic E-state index is 9.38. The Bertz CT molecular complexity index is 350. The minimum absolute atomic E-state index is 0.116. The van der Waals surface area contributed by atoms with Gasteiger partial charge in [0.05, 0.1) is 36.0 Å². The normalized spacial score (nSPS) is 14.8. The molecule has 5 heteroatoms. The molecule has 5 nitrogen and oxygen atoms in total. The first-order valence-electron chi connectivity index (χ1n) is 4.53. The fourth-order valence-corrected chi connectivity index (χ4v) is 1.20. The van der Waals surface area contributed by atoms with E-state index in [1.807, 2.05) is 19.9 Å². The van der Waals surface area contributed by atoms with Crippen LogP contribution in [0.15, 0.2) is 0 Å². The van der Waals surface area contributed by atoms with Gasteiger partial charge in [-0.05, 0) is 20.8 Å². The molecule has 1 N–H and O–H groups in total. The van der Waals surface area contributed by atoms with Crippen LogP contribution in [-0.2, 0) is 6.42 Å². The zero-order chi connectivity index (χ0) is 10.7. The second kappa shape index (κ2) is 4.20. The molecule has 0 aliphatic rings. The van der Waals surface area contributed by atoms with E-state index in [-0.39, 0.29) is 12.5 Å².